The highest BCUT2D eigenvalue weighted by Crippen LogP contribution is 2.11. The largest absolute Gasteiger partial charge is 0.409 e. The first-order valence-corrected chi connectivity index (χ1v) is 3.63. The molecule has 1 aromatic heterocycles. The van der Waals surface area contributed by atoms with Crippen LogP contribution in [0.25, 0.3) is 0 Å². The summed E-state index contributed by atoms with van der Waals surface area (Å²) in [5.74, 6) is -0.0100. The van der Waals surface area contributed by atoms with Crippen molar-refractivity contribution in [2.75, 3.05) is 0 Å². The lowest BCUT2D eigenvalue weighted by molar-refractivity contribution is 0.318. The minimum atomic E-state index is -0.0100. The van der Waals surface area contributed by atoms with E-state index in [0.29, 0.717) is 10.7 Å². The Morgan fingerprint density at radius 1 is 1.75 bits per heavy atom. The summed E-state index contributed by atoms with van der Waals surface area (Å²) in [7, 11) is 0. The van der Waals surface area contributed by atoms with Gasteiger partial charge in [-0.2, -0.15) is 0 Å². The molecule has 3 N–H and O–H groups in total. The second kappa shape index (κ2) is 3.40. The highest BCUT2D eigenvalue weighted by molar-refractivity contribution is 6.30. The predicted octanol–water partition coefficient (Wildman–Crippen LogP) is 1.14. The molecular formula is C7H8ClN3O. The van der Waals surface area contributed by atoms with Crippen LogP contribution in [0.15, 0.2) is 17.4 Å². The molecule has 0 atom stereocenters. The van der Waals surface area contributed by atoms with E-state index in [9.17, 15) is 0 Å². The summed E-state index contributed by atoms with van der Waals surface area (Å²) in [6.07, 6.45) is 1.45. The zero-order valence-corrected chi connectivity index (χ0v) is 7.21. The van der Waals surface area contributed by atoms with Crippen LogP contribution in [0.3, 0.4) is 0 Å². The van der Waals surface area contributed by atoms with Crippen LogP contribution in [0.4, 0.5) is 0 Å². The number of hydrogen-bond donors (Lipinski definition) is 2. The summed E-state index contributed by atoms with van der Waals surface area (Å²) < 4.78 is 0. The fourth-order valence-corrected chi connectivity index (χ4v) is 1.07. The maximum absolute atomic E-state index is 8.37. The lowest BCUT2D eigenvalue weighted by Crippen LogP contribution is -2.16. The Bertz CT molecular complexity index is 324. The molecule has 0 saturated carbocycles. The van der Waals surface area contributed by atoms with Gasteiger partial charge in [-0.25, -0.2) is 0 Å². The number of pyridine rings is 1. The molecule has 4 nitrogen and oxygen atoms in total. The topological polar surface area (TPSA) is 71.5 Å². The van der Waals surface area contributed by atoms with Crippen molar-refractivity contribution in [1.29, 1.82) is 0 Å². The molecule has 12 heavy (non-hydrogen) atoms. The Morgan fingerprint density at radius 3 is 2.92 bits per heavy atom. The van der Waals surface area contributed by atoms with Crippen molar-refractivity contribution in [3.63, 3.8) is 0 Å². The van der Waals surface area contributed by atoms with Crippen molar-refractivity contribution < 1.29 is 5.21 Å². The third kappa shape index (κ3) is 1.65. The van der Waals surface area contributed by atoms with Gasteiger partial charge in [0, 0.05) is 6.20 Å². The van der Waals surface area contributed by atoms with E-state index in [-0.39, 0.29) is 5.84 Å². The number of halogens is 1. The molecule has 0 aromatic carbocycles. The van der Waals surface area contributed by atoms with E-state index in [1.807, 2.05) is 0 Å². The Morgan fingerprint density at radius 2 is 2.42 bits per heavy atom. The Kier molecular flexibility index (Phi) is 2.50. The van der Waals surface area contributed by atoms with E-state index in [2.05, 4.69) is 10.1 Å². The summed E-state index contributed by atoms with van der Waals surface area (Å²) >= 11 is 5.66. The van der Waals surface area contributed by atoms with Crippen LogP contribution in [0.1, 0.15) is 11.3 Å². The van der Waals surface area contributed by atoms with Crippen LogP contribution < -0.4 is 5.73 Å². The average Bonchev–Trinajstić information content (AvgIpc) is 2.03. The maximum Gasteiger partial charge on any atom is 0.189 e. The van der Waals surface area contributed by atoms with Crippen LogP contribution in [-0.2, 0) is 0 Å². The van der Waals surface area contributed by atoms with Crippen LogP contribution >= 0.6 is 11.6 Å². The summed E-state index contributed by atoms with van der Waals surface area (Å²) in [5.41, 5.74) is 6.56. The first-order valence-electron chi connectivity index (χ1n) is 3.25. The van der Waals surface area contributed by atoms with Crippen LogP contribution in [-0.4, -0.2) is 16.0 Å². The highest BCUT2D eigenvalue weighted by atomic mass is 35.5. The predicted molar refractivity (Wildman–Crippen MR) is 46.5 cm³/mol. The van der Waals surface area contributed by atoms with Crippen molar-refractivity contribution in [3.8, 4) is 0 Å². The van der Waals surface area contributed by atoms with E-state index in [1.165, 1.54) is 6.20 Å². The molecule has 5 heteroatoms. The molecule has 0 unspecified atom stereocenters. The normalized spacial score (nSPS) is 11.7. The van der Waals surface area contributed by atoms with Gasteiger partial charge in [-0.05, 0) is 18.6 Å². The van der Waals surface area contributed by atoms with Gasteiger partial charge in [-0.3, -0.25) is 4.98 Å². The summed E-state index contributed by atoms with van der Waals surface area (Å²) in [4.78, 5) is 3.90. The lowest BCUT2D eigenvalue weighted by atomic mass is 10.2. The van der Waals surface area contributed by atoms with Crippen molar-refractivity contribution in [3.05, 3.63) is 28.5 Å². The van der Waals surface area contributed by atoms with Crippen LogP contribution in [0.5, 0.6) is 0 Å². The molecule has 0 aliphatic heterocycles. The first-order chi connectivity index (χ1) is 5.65. The zero-order valence-electron chi connectivity index (χ0n) is 6.45. The molecule has 0 amide bonds. The summed E-state index contributed by atoms with van der Waals surface area (Å²) in [5, 5.41) is 11.7. The molecule has 0 spiro atoms. The van der Waals surface area contributed by atoms with Gasteiger partial charge in [0.2, 0.25) is 0 Å². The second-order valence-corrected chi connectivity index (χ2v) is 2.74. The fraction of sp³-hybridized carbons (Fsp3) is 0.143. The lowest BCUT2D eigenvalue weighted by Gasteiger charge is -2.01. The van der Waals surface area contributed by atoms with Crippen molar-refractivity contribution in [2.24, 2.45) is 10.9 Å². The molecule has 0 saturated heterocycles. The van der Waals surface area contributed by atoms with Gasteiger partial charge in [0.15, 0.2) is 5.84 Å². The number of nitrogens with zero attached hydrogens (tertiary/aromatic N) is 2. The number of hydrogen-bond acceptors (Lipinski definition) is 3. The fourth-order valence-electron chi connectivity index (χ4n) is 0.856. The standard InChI is InChI=1S/C7H8ClN3O/c1-4-2-5(8)3-10-6(4)7(9)11-12/h2-3,12H,1H3,(H2,9,11). The van der Waals surface area contributed by atoms with E-state index < -0.39 is 0 Å². The van der Waals surface area contributed by atoms with Gasteiger partial charge in [0.05, 0.1) is 5.02 Å². The van der Waals surface area contributed by atoms with Gasteiger partial charge >= 0.3 is 0 Å². The molecule has 1 aromatic rings. The van der Waals surface area contributed by atoms with Crippen molar-refractivity contribution in [1.82, 2.24) is 4.98 Å². The van der Waals surface area contributed by atoms with Crippen LogP contribution in [0.2, 0.25) is 5.02 Å². The molecule has 0 fully saturated rings. The monoisotopic (exact) mass is 185 g/mol. The molecule has 0 aliphatic rings. The SMILES string of the molecule is Cc1cc(Cl)cnc1/C(N)=N/O. The Hall–Kier alpha value is -1.29. The molecule has 0 radical (unpaired) electrons. The van der Waals surface area contributed by atoms with Crippen molar-refractivity contribution in [2.45, 2.75) is 6.92 Å². The number of aryl methyl sites for hydroxylation is 1. The quantitative estimate of drug-likeness (QED) is 0.298. The highest BCUT2D eigenvalue weighted by Gasteiger charge is 2.04. The van der Waals surface area contributed by atoms with E-state index in [0.717, 1.165) is 5.56 Å². The Balaban J connectivity index is 3.18. The number of rotatable bonds is 1. The molecule has 0 aliphatic carbocycles. The van der Waals surface area contributed by atoms with E-state index in [1.54, 1.807) is 13.0 Å². The second-order valence-electron chi connectivity index (χ2n) is 2.30. The number of oxime groups is 1. The van der Waals surface area contributed by atoms with E-state index in [4.69, 9.17) is 22.5 Å². The minimum absolute atomic E-state index is 0.0100. The molecule has 64 valence electrons. The van der Waals surface area contributed by atoms with E-state index >= 15 is 0 Å². The molecule has 1 rings (SSSR count). The third-order valence-electron chi connectivity index (χ3n) is 1.40. The van der Waals surface area contributed by atoms with Gasteiger partial charge in [-0.1, -0.05) is 16.8 Å². The first kappa shape index (κ1) is 8.80. The number of nitrogens with two attached hydrogens (primary N) is 1. The molecular weight excluding hydrogens is 178 g/mol. The smallest absolute Gasteiger partial charge is 0.189 e. The van der Waals surface area contributed by atoms with Gasteiger partial charge in [-0.15, -0.1) is 0 Å². The maximum atomic E-state index is 8.37. The van der Waals surface area contributed by atoms with Gasteiger partial charge < -0.3 is 10.9 Å². The Labute approximate surface area is 74.7 Å². The number of aromatic nitrogens is 1. The average molecular weight is 186 g/mol. The number of amidine groups is 1. The molecule has 1 heterocycles. The van der Waals surface area contributed by atoms with Crippen LogP contribution in [0, 0.1) is 6.92 Å². The van der Waals surface area contributed by atoms with Gasteiger partial charge in [0.25, 0.3) is 0 Å². The van der Waals surface area contributed by atoms with Gasteiger partial charge in [0.1, 0.15) is 5.69 Å². The molecule has 0 bridgehead atoms. The zero-order chi connectivity index (χ0) is 9.14. The van der Waals surface area contributed by atoms with Crippen molar-refractivity contribution >= 4 is 17.4 Å². The summed E-state index contributed by atoms with van der Waals surface area (Å²) in [6, 6.07) is 1.70. The summed E-state index contributed by atoms with van der Waals surface area (Å²) in [6.45, 7) is 1.78. The minimum Gasteiger partial charge on any atom is -0.409 e. The third-order valence-corrected chi connectivity index (χ3v) is 1.60.